The first kappa shape index (κ1) is 44.1. The molecule has 0 aromatic rings. The number of rotatable bonds is 7. The highest BCUT2D eigenvalue weighted by atomic mass is 16.7. The first-order valence-corrected chi connectivity index (χ1v) is 18.5. The molecule has 0 saturated carbocycles. The van der Waals surface area contributed by atoms with Crippen molar-refractivity contribution in [3.63, 3.8) is 0 Å². The van der Waals surface area contributed by atoms with Crippen LogP contribution in [-0.4, -0.2) is 148 Å². The van der Waals surface area contributed by atoms with Crippen LogP contribution in [0.5, 0.6) is 0 Å². The number of hydrogen-bond acceptors (Lipinski definition) is 14. The van der Waals surface area contributed by atoms with E-state index in [1.165, 1.54) is 27.9 Å². The Bertz CT molecular complexity index is 1170. The first-order valence-electron chi connectivity index (χ1n) is 18.5. The third-order valence-corrected chi connectivity index (χ3v) is 11.8. The standard InChI is InChI=1S/C37H67NO13/c1-14-25-37(10,45)30(41)20(4)27(39)18(2)16-35(8,44)32(51-34-28(40)24(38(11)12)15-19(3)47-34)21(5)29(22(6)33(43)49-25)50-26-17-36(9,46-13)31(42)23(7)48-26/h18-26,28-32,34,40-42,44-45H,14-17H2,1-13H3/t18-,19-,20+,21+,22-,23+,24+,25+,26?,28-,29+,30-,31?,32-,34?,35-,36-,37+/m1/s1. The average Bonchev–Trinajstić information content (AvgIpc) is 3.05. The Kier molecular flexibility index (Phi) is 14.7. The Morgan fingerprint density at radius 1 is 0.882 bits per heavy atom. The number of methoxy groups -OCH3 is 1. The number of carbonyl (C=O) groups is 2. The molecule has 0 amide bonds. The molecule has 0 spiro atoms. The summed E-state index contributed by atoms with van der Waals surface area (Å²) in [7, 11) is 5.18. The van der Waals surface area contributed by atoms with Gasteiger partial charge in [0.05, 0.1) is 47.6 Å². The molecule has 3 fully saturated rings. The second kappa shape index (κ2) is 17.0. The summed E-state index contributed by atoms with van der Waals surface area (Å²) in [4.78, 5) is 29.8. The molecule has 5 N–H and O–H groups in total. The highest BCUT2D eigenvalue weighted by molar-refractivity contribution is 5.83. The summed E-state index contributed by atoms with van der Waals surface area (Å²) in [6.45, 7) is 16.3. The van der Waals surface area contributed by atoms with Crippen LogP contribution in [0.1, 0.15) is 94.9 Å². The van der Waals surface area contributed by atoms with E-state index in [4.69, 9.17) is 28.4 Å². The lowest BCUT2D eigenvalue weighted by Crippen LogP contribution is -2.61. The van der Waals surface area contributed by atoms with E-state index in [0.717, 1.165) is 0 Å². The second-order valence-electron chi connectivity index (χ2n) is 16.5. The molecular weight excluding hydrogens is 666 g/mol. The smallest absolute Gasteiger partial charge is 0.311 e. The summed E-state index contributed by atoms with van der Waals surface area (Å²) in [5.41, 5.74) is -4.84. The van der Waals surface area contributed by atoms with Gasteiger partial charge in [-0.05, 0) is 74.9 Å². The molecule has 3 heterocycles. The van der Waals surface area contributed by atoms with Gasteiger partial charge in [-0.3, -0.25) is 9.59 Å². The number of likely N-dealkylation sites (N-methyl/N-ethyl adjacent to an activating group) is 1. The van der Waals surface area contributed by atoms with Crippen LogP contribution in [0.3, 0.4) is 0 Å². The molecule has 18 atom stereocenters. The van der Waals surface area contributed by atoms with Gasteiger partial charge in [0.1, 0.15) is 29.7 Å². The zero-order valence-electron chi connectivity index (χ0n) is 32.9. The zero-order valence-corrected chi connectivity index (χ0v) is 32.9. The minimum absolute atomic E-state index is 0.0936. The molecular formula is C37H67NO13. The maximum Gasteiger partial charge on any atom is 0.311 e. The van der Waals surface area contributed by atoms with Gasteiger partial charge in [-0.1, -0.05) is 27.7 Å². The van der Waals surface area contributed by atoms with Crippen LogP contribution in [0.2, 0.25) is 0 Å². The van der Waals surface area contributed by atoms with Gasteiger partial charge in [-0.15, -0.1) is 0 Å². The number of ketones is 1. The van der Waals surface area contributed by atoms with Crippen molar-refractivity contribution in [2.45, 2.75) is 179 Å². The lowest BCUT2D eigenvalue weighted by molar-refractivity contribution is -0.318. The summed E-state index contributed by atoms with van der Waals surface area (Å²) >= 11 is 0. The quantitative estimate of drug-likeness (QED) is 0.238. The minimum Gasteiger partial charge on any atom is -0.459 e. The fraction of sp³-hybridized carbons (Fsp3) is 0.946. The minimum atomic E-state index is -1.99. The molecule has 0 radical (unpaired) electrons. The summed E-state index contributed by atoms with van der Waals surface area (Å²) < 4.78 is 37.1. The molecule has 0 aromatic carbocycles. The van der Waals surface area contributed by atoms with Crippen LogP contribution >= 0.6 is 0 Å². The molecule has 3 unspecified atom stereocenters. The Balaban J connectivity index is 2.18. The summed E-state index contributed by atoms with van der Waals surface area (Å²) in [6.07, 6.45) is -9.71. The third-order valence-electron chi connectivity index (χ3n) is 11.8. The SMILES string of the molecule is CC[C@@H]1OC(=O)[C@H](C)[C@@H](OC2C[C@@](C)(OC)C(O)[C@H](C)O2)[C@H](C)[C@@H](OC2O[C@H](C)C[C@H](N(C)C)[C@H]2O)[C@](C)(O)C[C@@H](C)C(=O)[C@H](C)[C@@H](O)[C@@]1(C)O. The molecule has 298 valence electrons. The van der Waals surface area contributed by atoms with Crippen molar-refractivity contribution in [3.05, 3.63) is 0 Å². The van der Waals surface area contributed by atoms with Gasteiger partial charge in [-0.2, -0.15) is 0 Å². The number of cyclic esters (lactones) is 1. The molecule has 3 aliphatic rings. The second-order valence-corrected chi connectivity index (χ2v) is 16.5. The third kappa shape index (κ3) is 9.51. The van der Waals surface area contributed by atoms with Gasteiger partial charge >= 0.3 is 5.97 Å². The largest absolute Gasteiger partial charge is 0.459 e. The predicted octanol–water partition coefficient (Wildman–Crippen LogP) is 1.79. The number of ether oxygens (including phenoxy) is 6. The summed E-state index contributed by atoms with van der Waals surface area (Å²) in [5.74, 6) is -4.98. The number of aliphatic hydroxyl groups excluding tert-OH is 3. The highest BCUT2D eigenvalue weighted by Gasteiger charge is 2.53. The normalized spacial score (nSPS) is 49.7. The highest BCUT2D eigenvalue weighted by Crippen LogP contribution is 2.40. The number of Topliss-reactive ketones (excluding diaryl/α,β-unsaturated/α-hetero) is 1. The van der Waals surface area contributed by atoms with Gasteiger partial charge < -0.3 is 58.9 Å². The number of carbonyl (C=O) groups excluding carboxylic acids is 2. The van der Waals surface area contributed by atoms with Crippen LogP contribution in [0.4, 0.5) is 0 Å². The van der Waals surface area contributed by atoms with E-state index in [1.54, 1.807) is 41.5 Å². The molecule has 14 heteroatoms. The predicted molar refractivity (Wildman–Crippen MR) is 186 cm³/mol. The molecule has 14 nitrogen and oxygen atoms in total. The van der Waals surface area contributed by atoms with Crippen molar-refractivity contribution in [1.29, 1.82) is 0 Å². The van der Waals surface area contributed by atoms with Crippen LogP contribution in [0.15, 0.2) is 0 Å². The van der Waals surface area contributed by atoms with Gasteiger partial charge in [0.2, 0.25) is 0 Å². The van der Waals surface area contributed by atoms with Crippen LogP contribution in [0.25, 0.3) is 0 Å². The zero-order chi connectivity index (χ0) is 39.0. The van der Waals surface area contributed by atoms with Crippen molar-refractivity contribution in [1.82, 2.24) is 4.90 Å². The van der Waals surface area contributed by atoms with E-state index < -0.39 is 108 Å². The number of hydrogen-bond donors (Lipinski definition) is 5. The molecule has 0 aromatic heterocycles. The summed E-state index contributed by atoms with van der Waals surface area (Å²) in [5, 5.41) is 57.6. The van der Waals surface area contributed by atoms with E-state index in [2.05, 4.69) is 0 Å². The first-order chi connectivity index (χ1) is 23.4. The number of nitrogens with zero attached hydrogens (tertiary/aromatic N) is 1. The van der Waals surface area contributed by atoms with Gasteiger partial charge in [-0.25, -0.2) is 0 Å². The summed E-state index contributed by atoms with van der Waals surface area (Å²) in [6, 6.07) is -0.324. The Labute approximate surface area is 304 Å². The van der Waals surface area contributed by atoms with Crippen LogP contribution in [0, 0.1) is 23.7 Å². The van der Waals surface area contributed by atoms with Crippen molar-refractivity contribution < 1.29 is 63.5 Å². The van der Waals surface area contributed by atoms with Crippen molar-refractivity contribution >= 4 is 11.8 Å². The van der Waals surface area contributed by atoms with Crippen molar-refractivity contribution in [2.24, 2.45) is 23.7 Å². The average molecular weight is 734 g/mol. The lowest BCUT2D eigenvalue weighted by Gasteiger charge is -2.49. The molecule has 0 bridgehead atoms. The molecule has 3 aliphatic heterocycles. The fourth-order valence-corrected chi connectivity index (χ4v) is 8.41. The Morgan fingerprint density at radius 2 is 1.49 bits per heavy atom. The van der Waals surface area contributed by atoms with E-state index in [-0.39, 0.29) is 31.4 Å². The van der Waals surface area contributed by atoms with Crippen LogP contribution < -0.4 is 0 Å². The maximum atomic E-state index is 14.1. The lowest BCUT2D eigenvalue weighted by atomic mass is 9.74. The maximum absolute atomic E-state index is 14.1. The van der Waals surface area contributed by atoms with E-state index in [9.17, 15) is 35.1 Å². The van der Waals surface area contributed by atoms with Crippen LogP contribution in [-0.2, 0) is 38.0 Å². The molecule has 0 aliphatic carbocycles. The van der Waals surface area contributed by atoms with E-state index >= 15 is 0 Å². The topological polar surface area (TPSA) is 194 Å². The van der Waals surface area contributed by atoms with E-state index in [1.807, 2.05) is 25.9 Å². The van der Waals surface area contributed by atoms with Gasteiger partial charge in [0.15, 0.2) is 12.6 Å². The van der Waals surface area contributed by atoms with Gasteiger partial charge in [0, 0.05) is 37.3 Å². The fourth-order valence-electron chi connectivity index (χ4n) is 8.41. The monoisotopic (exact) mass is 733 g/mol. The molecule has 51 heavy (non-hydrogen) atoms. The Hall–Kier alpha value is -1.30. The molecule has 3 saturated heterocycles. The van der Waals surface area contributed by atoms with Crippen molar-refractivity contribution in [2.75, 3.05) is 21.2 Å². The number of aliphatic hydroxyl groups is 5. The number of esters is 1. The van der Waals surface area contributed by atoms with E-state index in [0.29, 0.717) is 6.42 Å². The van der Waals surface area contributed by atoms with Crippen molar-refractivity contribution in [3.8, 4) is 0 Å². The molecule has 3 rings (SSSR count). The Morgan fingerprint density at radius 3 is 2.04 bits per heavy atom. The van der Waals surface area contributed by atoms with Gasteiger partial charge in [0.25, 0.3) is 0 Å².